The minimum atomic E-state index is 1.71. The van der Waals surface area contributed by atoms with Crippen molar-refractivity contribution in [3.63, 3.8) is 0 Å². The third-order valence-corrected chi connectivity index (χ3v) is 1.05. The molecular formula is C4H6BrNS. The van der Waals surface area contributed by atoms with Crippen LogP contribution in [-0.4, -0.2) is 0 Å². The maximum Gasteiger partial charge on any atom is 0.00554 e. The molecule has 0 aromatic carbocycles. The highest BCUT2D eigenvalue weighted by Crippen LogP contribution is 1.91. The monoisotopic (exact) mass is 179 g/mol. The van der Waals surface area contributed by atoms with E-state index in [4.69, 9.17) is 0 Å². The molecule has 0 atom stereocenters. The summed E-state index contributed by atoms with van der Waals surface area (Å²) in [6.07, 6.45) is 0. The van der Waals surface area contributed by atoms with Gasteiger partial charge in [-0.2, -0.15) is 11.3 Å². The number of hydrogen-bond acceptors (Lipinski definition) is 2. The molecule has 1 nitrogen and oxygen atoms in total. The summed E-state index contributed by atoms with van der Waals surface area (Å²) < 4.78 is 4.31. The normalized spacial score (nSPS) is 6.57. The van der Waals surface area contributed by atoms with Gasteiger partial charge in [-0.15, -0.1) is 0 Å². The highest BCUT2D eigenvalue weighted by molar-refractivity contribution is 9.07. The molecular weight excluding hydrogens is 174 g/mol. The first-order chi connectivity index (χ1) is 3.50. The first kappa shape index (κ1) is 7.14. The second kappa shape index (κ2) is 6.14. The number of nitrogens with two attached hydrogens (primary N) is 1. The molecule has 0 aliphatic heterocycles. The maximum atomic E-state index is 4.31. The smallest absolute Gasteiger partial charge is 0.00554 e. The number of thiophene rings is 1. The third-order valence-electron chi connectivity index (χ3n) is 0.425. The molecule has 1 aromatic heterocycles. The molecule has 1 heterocycles. The summed E-state index contributed by atoms with van der Waals surface area (Å²) >= 11 is 4.15. The van der Waals surface area contributed by atoms with Gasteiger partial charge in [0.15, 0.2) is 0 Å². The molecule has 3 heteroatoms. The van der Waals surface area contributed by atoms with E-state index in [1.807, 2.05) is 22.9 Å². The molecule has 0 bridgehead atoms. The molecule has 0 aliphatic carbocycles. The largest absolute Gasteiger partial charge is 0.270 e. The van der Waals surface area contributed by atoms with Crippen LogP contribution in [0.25, 0.3) is 0 Å². The zero-order chi connectivity index (χ0) is 5.54. The van der Waals surface area contributed by atoms with Gasteiger partial charge in [0.2, 0.25) is 0 Å². The number of rotatable bonds is 0. The molecule has 1 rings (SSSR count). The number of hydrogen-bond donors (Lipinski definition) is 1. The Bertz CT molecular complexity index is 68.2. The molecule has 0 saturated carbocycles. The van der Waals surface area contributed by atoms with Gasteiger partial charge in [0.05, 0.1) is 0 Å². The summed E-state index contributed by atoms with van der Waals surface area (Å²) in [5, 5.41) is 4.08. The fourth-order valence-corrected chi connectivity index (χ4v) is 0.680. The third kappa shape index (κ3) is 3.98. The van der Waals surface area contributed by atoms with Gasteiger partial charge < -0.3 is 0 Å². The fraction of sp³-hybridized carbons (Fsp3) is 0. The van der Waals surface area contributed by atoms with Crippen molar-refractivity contribution in [1.82, 2.24) is 0 Å². The van der Waals surface area contributed by atoms with E-state index in [9.17, 15) is 0 Å². The van der Waals surface area contributed by atoms with Gasteiger partial charge in [-0.25, -0.2) is 0 Å². The Labute approximate surface area is 55.5 Å². The van der Waals surface area contributed by atoms with Gasteiger partial charge >= 0.3 is 0 Å². The Morgan fingerprint density at radius 3 is 1.71 bits per heavy atom. The van der Waals surface area contributed by atoms with E-state index in [0.29, 0.717) is 0 Å². The maximum absolute atomic E-state index is 4.31. The van der Waals surface area contributed by atoms with Crippen LogP contribution >= 0.6 is 27.5 Å². The molecule has 40 valence electrons. The molecule has 0 aliphatic rings. The van der Waals surface area contributed by atoms with E-state index in [0.717, 1.165) is 0 Å². The average Bonchev–Trinajstić information content (AvgIpc) is 2.23. The van der Waals surface area contributed by atoms with E-state index < -0.39 is 0 Å². The fourth-order valence-electron chi connectivity index (χ4n) is 0.227. The molecule has 7 heavy (non-hydrogen) atoms. The lowest BCUT2D eigenvalue weighted by atomic mass is 10.7. The Morgan fingerprint density at radius 1 is 1.14 bits per heavy atom. The molecule has 0 saturated heterocycles. The van der Waals surface area contributed by atoms with Gasteiger partial charge in [0.1, 0.15) is 0 Å². The minimum Gasteiger partial charge on any atom is -0.270 e. The van der Waals surface area contributed by atoms with E-state index in [1.165, 1.54) is 0 Å². The second-order valence-electron chi connectivity index (χ2n) is 0.793. The topological polar surface area (TPSA) is 26.0 Å². The van der Waals surface area contributed by atoms with Crippen LogP contribution in [0.5, 0.6) is 0 Å². The van der Waals surface area contributed by atoms with Gasteiger partial charge in [0.25, 0.3) is 0 Å². The predicted octanol–water partition coefficient (Wildman–Crippen LogP) is 2.00. The van der Waals surface area contributed by atoms with E-state index in [2.05, 4.69) is 20.9 Å². The van der Waals surface area contributed by atoms with Crippen LogP contribution in [0, 0.1) is 0 Å². The standard InChI is InChI=1S/C4H4S.BrH2N/c1-2-4-5-3-1;1-2/h1-4H;2H2. The van der Waals surface area contributed by atoms with Crippen LogP contribution in [0.15, 0.2) is 22.9 Å². The van der Waals surface area contributed by atoms with Crippen LogP contribution in [0.4, 0.5) is 0 Å². The van der Waals surface area contributed by atoms with Crippen LogP contribution in [0.2, 0.25) is 0 Å². The van der Waals surface area contributed by atoms with Crippen molar-refractivity contribution in [2.75, 3.05) is 0 Å². The second-order valence-corrected chi connectivity index (χ2v) is 1.61. The van der Waals surface area contributed by atoms with Gasteiger partial charge in [0, 0.05) is 16.1 Å². The summed E-state index contributed by atoms with van der Waals surface area (Å²) in [7, 11) is 0. The lowest BCUT2D eigenvalue weighted by molar-refractivity contribution is 2.03. The molecule has 0 spiro atoms. The van der Waals surface area contributed by atoms with Crippen molar-refractivity contribution in [2.45, 2.75) is 0 Å². The predicted molar refractivity (Wildman–Crippen MR) is 37.4 cm³/mol. The first-order valence-corrected chi connectivity index (χ1v) is 3.55. The first-order valence-electron chi connectivity index (χ1n) is 1.69. The van der Waals surface area contributed by atoms with Crippen LogP contribution in [0.3, 0.4) is 0 Å². The zero-order valence-electron chi connectivity index (χ0n) is 3.67. The molecule has 0 amide bonds. The van der Waals surface area contributed by atoms with Crippen LogP contribution < -0.4 is 4.76 Å². The van der Waals surface area contributed by atoms with Gasteiger partial charge in [-0.1, -0.05) is 12.1 Å². The van der Waals surface area contributed by atoms with Crippen molar-refractivity contribution in [3.05, 3.63) is 22.9 Å². The van der Waals surface area contributed by atoms with E-state index >= 15 is 0 Å². The molecule has 0 radical (unpaired) electrons. The summed E-state index contributed by atoms with van der Waals surface area (Å²) in [6.45, 7) is 0. The Kier molecular flexibility index (Phi) is 6.26. The quantitative estimate of drug-likeness (QED) is 0.607. The van der Waals surface area contributed by atoms with Crippen molar-refractivity contribution in [2.24, 2.45) is 4.76 Å². The molecule has 0 unspecified atom stereocenters. The minimum absolute atomic E-state index is 1.71. The molecule has 1 aromatic rings. The van der Waals surface area contributed by atoms with Gasteiger partial charge in [-0.05, 0) is 10.8 Å². The Hall–Kier alpha value is 0.140. The van der Waals surface area contributed by atoms with Crippen molar-refractivity contribution >= 4 is 27.5 Å². The average molecular weight is 180 g/mol. The van der Waals surface area contributed by atoms with Gasteiger partial charge in [-0.3, -0.25) is 4.76 Å². The summed E-state index contributed by atoms with van der Waals surface area (Å²) in [5.41, 5.74) is 0. The summed E-state index contributed by atoms with van der Waals surface area (Å²) in [4.78, 5) is 0. The lowest BCUT2D eigenvalue weighted by Gasteiger charge is -1.39. The van der Waals surface area contributed by atoms with Crippen molar-refractivity contribution in [3.8, 4) is 0 Å². The highest BCUT2D eigenvalue weighted by Gasteiger charge is 1.58. The van der Waals surface area contributed by atoms with Crippen molar-refractivity contribution in [1.29, 1.82) is 0 Å². The van der Waals surface area contributed by atoms with E-state index in [1.54, 1.807) is 11.3 Å². The number of halogens is 1. The van der Waals surface area contributed by atoms with E-state index in [-0.39, 0.29) is 0 Å². The Balaban J connectivity index is 0.000000162. The van der Waals surface area contributed by atoms with Crippen molar-refractivity contribution < 1.29 is 0 Å². The molecule has 2 N–H and O–H groups in total. The van der Waals surface area contributed by atoms with Crippen LogP contribution in [-0.2, 0) is 0 Å². The zero-order valence-corrected chi connectivity index (χ0v) is 6.08. The highest BCUT2D eigenvalue weighted by atomic mass is 79.9. The summed E-state index contributed by atoms with van der Waals surface area (Å²) in [5.74, 6) is 0. The summed E-state index contributed by atoms with van der Waals surface area (Å²) in [6, 6.07) is 4.04. The Morgan fingerprint density at radius 2 is 1.57 bits per heavy atom. The lowest BCUT2D eigenvalue weighted by Crippen LogP contribution is -1.45. The SMILES string of the molecule is NBr.c1ccsc1. The molecule has 0 fully saturated rings. The van der Waals surface area contributed by atoms with Crippen LogP contribution in [0.1, 0.15) is 0 Å².